The lowest BCUT2D eigenvalue weighted by atomic mass is 9.74. The highest BCUT2D eigenvalue weighted by Gasteiger charge is 2.42. The molecule has 86 valence electrons. The molecule has 2 N–H and O–H groups in total. The van der Waals surface area contributed by atoms with Crippen LogP contribution in [0.5, 0.6) is 0 Å². The standard InChI is InChI=1S/C13H16N2.BrH/c14-12-13(7-3-4-8-13)11-6-2-1-5-10(11)9-15-12;/h1-2,5-6H,3-4,7-9H2,(H2,14,15);1H. The SMILES string of the molecule is Br.NC1=NCc2ccccc2C12CCCC2. The van der Waals surface area contributed by atoms with Gasteiger partial charge in [0.25, 0.3) is 0 Å². The van der Waals surface area contributed by atoms with Gasteiger partial charge in [-0.25, -0.2) is 0 Å². The van der Waals surface area contributed by atoms with Crippen LogP contribution in [0.2, 0.25) is 0 Å². The van der Waals surface area contributed by atoms with Crippen LogP contribution < -0.4 is 5.73 Å². The molecule has 2 aliphatic rings. The van der Waals surface area contributed by atoms with Crippen LogP contribution in [0, 0.1) is 0 Å². The summed E-state index contributed by atoms with van der Waals surface area (Å²) in [7, 11) is 0. The number of hydrogen-bond acceptors (Lipinski definition) is 2. The zero-order valence-electron chi connectivity index (χ0n) is 9.28. The summed E-state index contributed by atoms with van der Waals surface area (Å²) in [6.07, 6.45) is 4.92. The van der Waals surface area contributed by atoms with Gasteiger partial charge in [-0.05, 0) is 24.0 Å². The molecule has 1 saturated carbocycles. The van der Waals surface area contributed by atoms with Gasteiger partial charge in [-0.2, -0.15) is 0 Å². The number of hydrogen-bond donors (Lipinski definition) is 1. The molecule has 0 amide bonds. The largest absolute Gasteiger partial charge is 0.387 e. The predicted octanol–water partition coefficient (Wildman–Crippen LogP) is 2.95. The number of amidine groups is 1. The molecule has 16 heavy (non-hydrogen) atoms. The highest BCUT2D eigenvalue weighted by atomic mass is 79.9. The maximum Gasteiger partial charge on any atom is 0.105 e. The van der Waals surface area contributed by atoms with Crippen molar-refractivity contribution in [1.29, 1.82) is 0 Å². The first-order valence-electron chi connectivity index (χ1n) is 5.72. The number of nitrogens with two attached hydrogens (primary N) is 1. The Morgan fingerprint density at radius 1 is 1.12 bits per heavy atom. The third kappa shape index (κ3) is 1.49. The van der Waals surface area contributed by atoms with Crippen LogP contribution >= 0.6 is 17.0 Å². The van der Waals surface area contributed by atoms with Gasteiger partial charge in [0, 0.05) is 0 Å². The fraction of sp³-hybridized carbons (Fsp3) is 0.462. The molecular formula is C13H17BrN2. The maximum absolute atomic E-state index is 6.14. The second kappa shape index (κ2) is 4.21. The van der Waals surface area contributed by atoms with Crippen LogP contribution in [0.3, 0.4) is 0 Å². The van der Waals surface area contributed by atoms with Crippen molar-refractivity contribution in [3.63, 3.8) is 0 Å². The van der Waals surface area contributed by atoms with Crippen molar-refractivity contribution in [3.05, 3.63) is 35.4 Å². The normalized spacial score (nSPS) is 21.1. The van der Waals surface area contributed by atoms with Crippen molar-refractivity contribution in [3.8, 4) is 0 Å². The van der Waals surface area contributed by atoms with E-state index in [1.807, 2.05) is 0 Å². The van der Waals surface area contributed by atoms with Gasteiger partial charge in [-0.15, -0.1) is 17.0 Å². The lowest BCUT2D eigenvalue weighted by molar-refractivity contribution is 0.570. The quantitative estimate of drug-likeness (QED) is 0.780. The van der Waals surface area contributed by atoms with E-state index in [0.717, 1.165) is 12.4 Å². The van der Waals surface area contributed by atoms with E-state index in [9.17, 15) is 0 Å². The van der Waals surface area contributed by atoms with Crippen LogP contribution in [0.4, 0.5) is 0 Å². The number of fused-ring (bicyclic) bond motifs is 2. The molecule has 1 aromatic carbocycles. The third-order valence-corrected chi connectivity index (χ3v) is 3.90. The zero-order chi connectivity index (χ0) is 10.3. The van der Waals surface area contributed by atoms with Gasteiger partial charge in [-0.3, -0.25) is 4.99 Å². The summed E-state index contributed by atoms with van der Waals surface area (Å²) in [5.74, 6) is 0.874. The van der Waals surface area contributed by atoms with Crippen molar-refractivity contribution in [2.45, 2.75) is 37.6 Å². The Bertz CT molecular complexity index is 420. The Hall–Kier alpha value is -0.830. The number of nitrogens with zero attached hydrogens (tertiary/aromatic N) is 1. The summed E-state index contributed by atoms with van der Waals surface area (Å²) in [4.78, 5) is 4.50. The molecule has 0 unspecified atom stereocenters. The van der Waals surface area contributed by atoms with Crippen LogP contribution in [-0.4, -0.2) is 5.84 Å². The van der Waals surface area contributed by atoms with Gasteiger partial charge in [0.2, 0.25) is 0 Å². The van der Waals surface area contributed by atoms with Gasteiger partial charge < -0.3 is 5.73 Å². The minimum atomic E-state index is 0. The average Bonchev–Trinajstić information content (AvgIpc) is 2.75. The Balaban J connectivity index is 0.000000963. The van der Waals surface area contributed by atoms with Crippen LogP contribution in [0.15, 0.2) is 29.3 Å². The van der Waals surface area contributed by atoms with Crippen LogP contribution in [0.1, 0.15) is 36.8 Å². The molecule has 3 heteroatoms. The summed E-state index contributed by atoms with van der Waals surface area (Å²) in [5.41, 5.74) is 9.04. The number of halogens is 1. The van der Waals surface area contributed by atoms with Gasteiger partial charge >= 0.3 is 0 Å². The molecule has 0 bridgehead atoms. The van der Waals surface area contributed by atoms with Crippen LogP contribution in [0.25, 0.3) is 0 Å². The first-order chi connectivity index (χ1) is 7.33. The smallest absolute Gasteiger partial charge is 0.105 e. The summed E-state index contributed by atoms with van der Waals surface area (Å²) < 4.78 is 0. The summed E-state index contributed by atoms with van der Waals surface area (Å²) in [6, 6.07) is 8.64. The van der Waals surface area contributed by atoms with E-state index in [2.05, 4.69) is 29.3 Å². The first kappa shape index (κ1) is 11.6. The Kier molecular flexibility index (Phi) is 3.06. The molecule has 1 aliphatic heterocycles. The molecule has 0 aromatic heterocycles. The monoisotopic (exact) mass is 280 g/mol. The highest BCUT2D eigenvalue weighted by Crippen LogP contribution is 2.44. The molecule has 1 spiro atoms. The molecule has 0 radical (unpaired) electrons. The molecule has 3 rings (SSSR count). The van der Waals surface area contributed by atoms with Gasteiger partial charge in [0.05, 0.1) is 12.0 Å². The first-order valence-corrected chi connectivity index (χ1v) is 5.72. The van der Waals surface area contributed by atoms with Crippen molar-refractivity contribution in [2.24, 2.45) is 10.7 Å². The second-order valence-corrected chi connectivity index (χ2v) is 4.65. The van der Waals surface area contributed by atoms with Crippen molar-refractivity contribution >= 4 is 22.8 Å². The fourth-order valence-electron chi connectivity index (χ4n) is 3.09. The van der Waals surface area contributed by atoms with Crippen molar-refractivity contribution in [2.75, 3.05) is 0 Å². The fourth-order valence-corrected chi connectivity index (χ4v) is 3.09. The lowest BCUT2D eigenvalue weighted by Gasteiger charge is -2.34. The molecule has 1 aromatic rings. The van der Waals surface area contributed by atoms with E-state index in [1.54, 1.807) is 0 Å². The Morgan fingerprint density at radius 3 is 2.56 bits per heavy atom. The second-order valence-electron chi connectivity index (χ2n) is 4.65. The topological polar surface area (TPSA) is 38.4 Å². The minimum absolute atomic E-state index is 0. The Labute approximate surface area is 107 Å². The minimum Gasteiger partial charge on any atom is -0.387 e. The molecular weight excluding hydrogens is 264 g/mol. The number of aliphatic imine (C=N–C) groups is 1. The van der Waals surface area contributed by atoms with Gasteiger partial charge in [-0.1, -0.05) is 37.1 Å². The van der Waals surface area contributed by atoms with E-state index in [0.29, 0.717) is 0 Å². The zero-order valence-corrected chi connectivity index (χ0v) is 11.0. The van der Waals surface area contributed by atoms with E-state index < -0.39 is 0 Å². The van der Waals surface area contributed by atoms with Gasteiger partial charge in [0.1, 0.15) is 5.84 Å². The summed E-state index contributed by atoms with van der Waals surface area (Å²) in [5, 5.41) is 0. The molecule has 1 fully saturated rings. The molecule has 0 saturated heterocycles. The van der Waals surface area contributed by atoms with Crippen LogP contribution in [-0.2, 0) is 12.0 Å². The molecule has 1 heterocycles. The molecule has 0 atom stereocenters. The maximum atomic E-state index is 6.14. The highest BCUT2D eigenvalue weighted by molar-refractivity contribution is 8.93. The number of rotatable bonds is 0. The lowest BCUT2D eigenvalue weighted by Crippen LogP contribution is -2.42. The predicted molar refractivity (Wildman–Crippen MR) is 72.2 cm³/mol. The van der Waals surface area contributed by atoms with E-state index >= 15 is 0 Å². The molecule has 1 aliphatic carbocycles. The summed E-state index contributed by atoms with van der Waals surface area (Å²) >= 11 is 0. The summed E-state index contributed by atoms with van der Waals surface area (Å²) in [6.45, 7) is 0.768. The van der Waals surface area contributed by atoms with E-state index in [4.69, 9.17) is 5.73 Å². The Morgan fingerprint density at radius 2 is 1.81 bits per heavy atom. The van der Waals surface area contributed by atoms with Crippen molar-refractivity contribution in [1.82, 2.24) is 0 Å². The van der Waals surface area contributed by atoms with Crippen molar-refractivity contribution < 1.29 is 0 Å². The molecule has 2 nitrogen and oxygen atoms in total. The average molecular weight is 281 g/mol. The third-order valence-electron chi connectivity index (χ3n) is 3.90. The van der Waals surface area contributed by atoms with E-state index in [1.165, 1.54) is 36.8 Å². The van der Waals surface area contributed by atoms with E-state index in [-0.39, 0.29) is 22.4 Å². The number of benzene rings is 1. The van der Waals surface area contributed by atoms with Gasteiger partial charge in [0.15, 0.2) is 0 Å².